The zero-order valence-electron chi connectivity index (χ0n) is 14.9. The summed E-state index contributed by atoms with van der Waals surface area (Å²) >= 11 is 1.38. The lowest BCUT2D eigenvalue weighted by atomic mass is 9.78. The Morgan fingerprint density at radius 1 is 0.833 bits per heavy atom. The van der Waals surface area contributed by atoms with Gasteiger partial charge < -0.3 is 9.80 Å². The van der Waals surface area contributed by atoms with E-state index in [-0.39, 0.29) is 11.1 Å². The summed E-state index contributed by atoms with van der Waals surface area (Å²) in [6.45, 7) is 2.74. The van der Waals surface area contributed by atoms with Crippen molar-refractivity contribution in [2.75, 3.05) is 25.4 Å². The molecule has 3 rings (SSSR count). The van der Waals surface area contributed by atoms with Crippen LogP contribution in [0.2, 0.25) is 0 Å². The lowest BCUT2D eigenvalue weighted by Gasteiger charge is -2.43. The molecule has 2 atom stereocenters. The summed E-state index contributed by atoms with van der Waals surface area (Å²) in [7, 11) is 0. The monoisotopic (exact) mass is 352 g/mol. The van der Waals surface area contributed by atoms with Crippen LogP contribution in [0.3, 0.4) is 0 Å². The molecular weight excluding hydrogens is 320 g/mol. The van der Waals surface area contributed by atoms with Crippen molar-refractivity contribution < 1.29 is 9.59 Å². The van der Waals surface area contributed by atoms with E-state index in [2.05, 4.69) is 4.90 Å². The van der Waals surface area contributed by atoms with Crippen molar-refractivity contribution >= 4 is 22.9 Å². The van der Waals surface area contributed by atoms with Gasteiger partial charge in [-0.3, -0.25) is 9.59 Å². The number of hydrogen-bond donors (Lipinski definition) is 0. The van der Waals surface area contributed by atoms with E-state index in [0.717, 1.165) is 44.8 Å². The molecule has 5 heteroatoms. The second-order valence-electron chi connectivity index (χ2n) is 7.61. The minimum atomic E-state index is 0.218. The van der Waals surface area contributed by atoms with Gasteiger partial charge in [-0.15, -0.1) is 0 Å². The molecule has 24 heavy (non-hydrogen) atoms. The summed E-state index contributed by atoms with van der Waals surface area (Å²) in [6, 6.07) is 0.480. The number of hydrogen-bond acceptors (Lipinski definition) is 3. The molecule has 0 aromatic carbocycles. The van der Waals surface area contributed by atoms with Gasteiger partial charge in [-0.25, -0.2) is 0 Å². The number of amides is 2. The van der Waals surface area contributed by atoms with E-state index in [1.165, 1.54) is 56.7 Å². The number of nitrogens with zero attached hydrogens (tertiary/aromatic N) is 2. The molecular formula is C19H32N2O2S. The molecule has 2 aliphatic heterocycles. The number of thioether (sulfide) groups is 1. The maximum absolute atomic E-state index is 12.6. The summed E-state index contributed by atoms with van der Waals surface area (Å²) < 4.78 is 0. The molecule has 0 radical (unpaired) electrons. The molecule has 0 aromatic rings. The molecule has 3 fully saturated rings. The van der Waals surface area contributed by atoms with Crippen LogP contribution in [0.1, 0.15) is 70.6 Å². The average Bonchev–Trinajstić information content (AvgIpc) is 2.90. The third-order valence-electron chi connectivity index (χ3n) is 5.98. The molecule has 1 aliphatic carbocycles. The van der Waals surface area contributed by atoms with Gasteiger partial charge in [0.1, 0.15) is 0 Å². The summed E-state index contributed by atoms with van der Waals surface area (Å²) in [5, 5.41) is 0.218. The second kappa shape index (κ2) is 9.12. The smallest absolute Gasteiger partial charge is 0.281 e. The van der Waals surface area contributed by atoms with Crippen molar-refractivity contribution in [1.29, 1.82) is 0 Å². The number of carbonyl (C=O) groups excluding carboxylic acids is 2. The van der Waals surface area contributed by atoms with Crippen LogP contribution in [0.4, 0.5) is 4.79 Å². The molecule has 2 amide bonds. The number of fused-ring (bicyclic) bond motifs is 1. The van der Waals surface area contributed by atoms with Crippen molar-refractivity contribution in [2.45, 2.75) is 76.7 Å². The van der Waals surface area contributed by atoms with E-state index in [9.17, 15) is 9.59 Å². The normalized spacial score (nSPS) is 28.2. The maximum atomic E-state index is 12.6. The van der Waals surface area contributed by atoms with E-state index in [0.29, 0.717) is 18.2 Å². The van der Waals surface area contributed by atoms with Crippen molar-refractivity contribution in [1.82, 2.24) is 9.80 Å². The summed E-state index contributed by atoms with van der Waals surface area (Å²) in [6.07, 6.45) is 12.8. The quantitative estimate of drug-likeness (QED) is 0.761. The third kappa shape index (κ3) is 4.68. The Hall–Kier alpha value is -0.710. The van der Waals surface area contributed by atoms with E-state index in [4.69, 9.17) is 0 Å². The number of carbonyl (C=O) groups is 2. The van der Waals surface area contributed by atoms with Gasteiger partial charge in [-0.2, -0.15) is 0 Å². The molecule has 0 N–H and O–H groups in total. The fourth-order valence-electron chi connectivity index (χ4n) is 4.64. The van der Waals surface area contributed by atoms with Gasteiger partial charge >= 0.3 is 0 Å². The van der Waals surface area contributed by atoms with Gasteiger partial charge in [-0.1, -0.05) is 37.4 Å². The van der Waals surface area contributed by atoms with Crippen LogP contribution in [0, 0.1) is 5.92 Å². The first-order valence-electron chi connectivity index (χ1n) is 9.97. The highest BCUT2D eigenvalue weighted by atomic mass is 32.2. The topological polar surface area (TPSA) is 40.6 Å². The van der Waals surface area contributed by atoms with Crippen molar-refractivity contribution in [3.8, 4) is 0 Å². The predicted molar refractivity (Wildman–Crippen MR) is 99.2 cm³/mol. The molecule has 0 bridgehead atoms. The number of rotatable bonds is 3. The SMILES string of the molecule is O=C(CCSC(=O)N1CCCC2CCCCC21)N1CCCCCC1. The molecule has 0 aromatic heterocycles. The number of likely N-dealkylation sites (tertiary alicyclic amines) is 2. The first kappa shape index (κ1) is 18.1. The second-order valence-corrected chi connectivity index (χ2v) is 8.65. The Bertz CT molecular complexity index is 433. The Kier molecular flexibility index (Phi) is 6.87. The first-order valence-corrected chi connectivity index (χ1v) is 11.0. The minimum Gasteiger partial charge on any atom is -0.343 e. The Morgan fingerprint density at radius 2 is 1.54 bits per heavy atom. The van der Waals surface area contributed by atoms with Crippen LogP contribution in [0.5, 0.6) is 0 Å². The largest absolute Gasteiger partial charge is 0.343 e. The highest BCUT2D eigenvalue weighted by Crippen LogP contribution is 2.36. The molecule has 3 aliphatic rings. The lowest BCUT2D eigenvalue weighted by molar-refractivity contribution is -0.130. The highest BCUT2D eigenvalue weighted by molar-refractivity contribution is 8.13. The van der Waals surface area contributed by atoms with Gasteiger partial charge in [0.15, 0.2) is 0 Å². The zero-order chi connectivity index (χ0) is 16.8. The Labute approximate surface area is 150 Å². The summed E-state index contributed by atoms with van der Waals surface area (Å²) in [5.41, 5.74) is 0. The van der Waals surface area contributed by atoms with Gasteiger partial charge in [-0.05, 0) is 44.4 Å². The molecule has 0 spiro atoms. The standard InChI is InChI=1S/C19H32N2O2S/c22-18(20-12-5-1-2-6-13-20)11-15-24-19(23)21-14-7-9-16-8-3-4-10-17(16)21/h16-17H,1-15H2. The fraction of sp³-hybridized carbons (Fsp3) is 0.895. The van der Waals surface area contributed by atoms with E-state index in [1.807, 2.05) is 4.90 Å². The van der Waals surface area contributed by atoms with Crippen LogP contribution >= 0.6 is 11.8 Å². The van der Waals surface area contributed by atoms with Crippen LogP contribution in [-0.2, 0) is 4.79 Å². The summed E-state index contributed by atoms with van der Waals surface area (Å²) in [5.74, 6) is 1.62. The first-order chi connectivity index (χ1) is 11.8. The van der Waals surface area contributed by atoms with E-state index >= 15 is 0 Å². The van der Waals surface area contributed by atoms with Crippen LogP contribution in [-0.4, -0.2) is 52.4 Å². The average molecular weight is 353 g/mol. The van der Waals surface area contributed by atoms with Gasteiger partial charge in [0.05, 0.1) is 0 Å². The molecule has 2 saturated heterocycles. The summed E-state index contributed by atoms with van der Waals surface area (Å²) in [4.78, 5) is 29.1. The zero-order valence-corrected chi connectivity index (χ0v) is 15.7. The number of piperidine rings is 1. The lowest BCUT2D eigenvalue weighted by Crippen LogP contribution is -2.48. The van der Waals surface area contributed by atoms with Crippen molar-refractivity contribution in [3.05, 3.63) is 0 Å². The predicted octanol–water partition coefficient (Wildman–Crippen LogP) is 4.29. The molecule has 2 unspecified atom stereocenters. The van der Waals surface area contributed by atoms with E-state index in [1.54, 1.807) is 0 Å². The Balaban J connectivity index is 1.42. The van der Waals surface area contributed by atoms with Crippen LogP contribution in [0.25, 0.3) is 0 Å². The van der Waals surface area contributed by atoms with Crippen LogP contribution in [0.15, 0.2) is 0 Å². The maximum Gasteiger partial charge on any atom is 0.281 e. The van der Waals surface area contributed by atoms with Crippen LogP contribution < -0.4 is 0 Å². The van der Waals surface area contributed by atoms with Gasteiger partial charge in [0.25, 0.3) is 5.24 Å². The van der Waals surface area contributed by atoms with Gasteiger partial charge in [0, 0.05) is 37.8 Å². The highest BCUT2D eigenvalue weighted by Gasteiger charge is 2.35. The molecule has 4 nitrogen and oxygen atoms in total. The molecule has 2 heterocycles. The fourth-order valence-corrected chi connectivity index (χ4v) is 5.48. The van der Waals surface area contributed by atoms with Crippen molar-refractivity contribution in [2.24, 2.45) is 5.92 Å². The molecule has 1 saturated carbocycles. The van der Waals surface area contributed by atoms with Gasteiger partial charge in [0.2, 0.25) is 5.91 Å². The minimum absolute atomic E-state index is 0.218. The van der Waals surface area contributed by atoms with Crippen molar-refractivity contribution in [3.63, 3.8) is 0 Å². The van der Waals surface area contributed by atoms with E-state index < -0.39 is 0 Å². The molecule has 136 valence electrons. The third-order valence-corrected chi connectivity index (χ3v) is 6.87. The Morgan fingerprint density at radius 3 is 2.33 bits per heavy atom.